The third-order valence-corrected chi connectivity index (χ3v) is 4.71. The number of rotatable bonds is 6. The zero-order chi connectivity index (χ0) is 21.2. The lowest BCUT2D eigenvalue weighted by Crippen LogP contribution is -2.05. The summed E-state index contributed by atoms with van der Waals surface area (Å²) in [7, 11) is 0. The summed E-state index contributed by atoms with van der Waals surface area (Å²) in [5.41, 5.74) is 2.47. The molecule has 0 fully saturated rings. The van der Waals surface area contributed by atoms with Crippen LogP contribution in [0.25, 0.3) is 11.5 Å². The SMILES string of the molecule is Cc1nn(-c2ccccc2)c(Oc2ccc(F)cc2)c1CNc1nc2ncccn2n1. The quantitative estimate of drug-likeness (QED) is 0.448. The van der Waals surface area contributed by atoms with Gasteiger partial charge in [0.1, 0.15) is 11.6 Å². The van der Waals surface area contributed by atoms with E-state index >= 15 is 0 Å². The lowest BCUT2D eigenvalue weighted by molar-refractivity contribution is 0.438. The van der Waals surface area contributed by atoms with Gasteiger partial charge in [-0.25, -0.2) is 18.6 Å². The first-order valence-electron chi connectivity index (χ1n) is 9.66. The highest BCUT2D eigenvalue weighted by Crippen LogP contribution is 2.31. The number of hydrogen-bond acceptors (Lipinski definition) is 6. The van der Waals surface area contributed by atoms with Crippen LogP contribution in [0.15, 0.2) is 73.1 Å². The molecular formula is C22H18FN7O. The van der Waals surface area contributed by atoms with E-state index in [4.69, 9.17) is 4.74 Å². The highest BCUT2D eigenvalue weighted by Gasteiger charge is 2.19. The summed E-state index contributed by atoms with van der Waals surface area (Å²) in [5.74, 6) is 1.66. The number of halogens is 1. The van der Waals surface area contributed by atoms with Gasteiger partial charge in [0.25, 0.3) is 5.78 Å². The van der Waals surface area contributed by atoms with Crippen molar-refractivity contribution in [3.05, 3.63) is 90.1 Å². The average molecular weight is 415 g/mol. The summed E-state index contributed by atoms with van der Waals surface area (Å²) < 4.78 is 22.8. The summed E-state index contributed by atoms with van der Waals surface area (Å²) >= 11 is 0. The van der Waals surface area contributed by atoms with Gasteiger partial charge in [-0.05, 0) is 49.4 Å². The van der Waals surface area contributed by atoms with Gasteiger partial charge in [-0.15, -0.1) is 5.10 Å². The number of hydrogen-bond donors (Lipinski definition) is 1. The molecule has 0 atom stereocenters. The number of ether oxygens (including phenoxy) is 1. The number of aromatic nitrogens is 6. The second kappa shape index (κ2) is 7.86. The molecule has 0 aliphatic carbocycles. The third kappa shape index (κ3) is 3.80. The molecular weight excluding hydrogens is 397 g/mol. The first-order valence-corrected chi connectivity index (χ1v) is 9.66. The van der Waals surface area contributed by atoms with Crippen LogP contribution < -0.4 is 10.1 Å². The van der Waals surface area contributed by atoms with E-state index in [9.17, 15) is 4.39 Å². The predicted molar refractivity (Wildman–Crippen MR) is 113 cm³/mol. The third-order valence-electron chi connectivity index (χ3n) is 4.71. The van der Waals surface area contributed by atoms with Crippen LogP contribution in [0, 0.1) is 12.7 Å². The molecule has 0 saturated heterocycles. The molecule has 0 unspecified atom stereocenters. The molecule has 0 amide bonds. The number of fused-ring (bicyclic) bond motifs is 1. The first-order chi connectivity index (χ1) is 15.2. The fourth-order valence-electron chi connectivity index (χ4n) is 3.18. The minimum atomic E-state index is -0.325. The van der Waals surface area contributed by atoms with Crippen molar-refractivity contribution < 1.29 is 9.13 Å². The van der Waals surface area contributed by atoms with Gasteiger partial charge in [-0.1, -0.05) is 18.2 Å². The summed E-state index contributed by atoms with van der Waals surface area (Å²) in [6.07, 6.45) is 3.44. The van der Waals surface area contributed by atoms with Crippen molar-refractivity contribution in [1.82, 2.24) is 29.4 Å². The molecule has 154 valence electrons. The molecule has 9 heteroatoms. The highest BCUT2D eigenvalue weighted by molar-refractivity contribution is 5.45. The predicted octanol–water partition coefficient (Wildman–Crippen LogP) is 4.16. The van der Waals surface area contributed by atoms with E-state index < -0.39 is 0 Å². The number of nitrogens with one attached hydrogen (secondary N) is 1. The number of para-hydroxylation sites is 1. The van der Waals surface area contributed by atoms with Crippen molar-refractivity contribution in [2.24, 2.45) is 0 Å². The van der Waals surface area contributed by atoms with Crippen molar-refractivity contribution in [2.75, 3.05) is 5.32 Å². The zero-order valence-corrected chi connectivity index (χ0v) is 16.6. The van der Waals surface area contributed by atoms with Crippen molar-refractivity contribution in [3.8, 4) is 17.3 Å². The summed E-state index contributed by atoms with van der Waals surface area (Å²) in [6, 6.07) is 17.3. The van der Waals surface area contributed by atoms with Gasteiger partial charge in [0.15, 0.2) is 0 Å². The molecule has 3 heterocycles. The Balaban J connectivity index is 1.50. The molecule has 5 aromatic rings. The van der Waals surface area contributed by atoms with Crippen LogP contribution in [0.5, 0.6) is 11.6 Å². The second-order valence-electron chi connectivity index (χ2n) is 6.83. The molecule has 3 aromatic heterocycles. The molecule has 0 saturated carbocycles. The topological polar surface area (TPSA) is 82.2 Å². The molecule has 0 bridgehead atoms. The lowest BCUT2D eigenvalue weighted by Gasteiger charge is -2.11. The monoisotopic (exact) mass is 415 g/mol. The lowest BCUT2D eigenvalue weighted by atomic mass is 10.2. The molecule has 0 spiro atoms. The van der Waals surface area contributed by atoms with Crippen molar-refractivity contribution in [2.45, 2.75) is 13.5 Å². The first kappa shape index (κ1) is 18.7. The van der Waals surface area contributed by atoms with Crippen LogP contribution in [-0.4, -0.2) is 29.4 Å². The van der Waals surface area contributed by atoms with Crippen molar-refractivity contribution in [1.29, 1.82) is 0 Å². The summed E-state index contributed by atoms with van der Waals surface area (Å²) in [6.45, 7) is 2.29. The van der Waals surface area contributed by atoms with E-state index in [1.165, 1.54) is 12.1 Å². The van der Waals surface area contributed by atoms with Gasteiger partial charge in [0.2, 0.25) is 11.8 Å². The van der Waals surface area contributed by atoms with Gasteiger partial charge in [0.05, 0.1) is 23.5 Å². The van der Waals surface area contributed by atoms with Gasteiger partial charge in [0, 0.05) is 12.4 Å². The maximum absolute atomic E-state index is 13.3. The van der Waals surface area contributed by atoms with E-state index in [1.54, 1.807) is 39.8 Å². The van der Waals surface area contributed by atoms with E-state index in [0.29, 0.717) is 29.9 Å². The normalized spacial score (nSPS) is 11.0. The number of anilines is 1. The second-order valence-corrected chi connectivity index (χ2v) is 6.83. The molecule has 1 N–H and O–H groups in total. The van der Waals surface area contributed by atoms with Gasteiger partial charge < -0.3 is 10.1 Å². The Morgan fingerprint density at radius 3 is 2.58 bits per heavy atom. The molecule has 31 heavy (non-hydrogen) atoms. The smallest absolute Gasteiger partial charge is 0.253 e. The Kier molecular flexibility index (Phi) is 4.75. The Bertz CT molecular complexity index is 1300. The number of aryl methyl sites for hydroxylation is 1. The Hall–Kier alpha value is -4.27. The van der Waals surface area contributed by atoms with E-state index in [1.807, 2.05) is 37.3 Å². The van der Waals surface area contributed by atoms with Crippen LogP contribution >= 0.6 is 0 Å². The molecule has 0 aliphatic rings. The average Bonchev–Trinajstić information content (AvgIpc) is 3.35. The van der Waals surface area contributed by atoms with Gasteiger partial charge in [-0.2, -0.15) is 10.1 Å². The number of benzene rings is 2. The number of nitrogens with zero attached hydrogens (tertiary/aromatic N) is 6. The summed E-state index contributed by atoms with van der Waals surface area (Å²) in [4.78, 5) is 8.54. The fraction of sp³-hybridized carbons (Fsp3) is 0.0909. The molecule has 0 radical (unpaired) electrons. The van der Waals surface area contributed by atoms with Crippen molar-refractivity contribution in [3.63, 3.8) is 0 Å². The molecule has 0 aliphatic heterocycles. The Morgan fingerprint density at radius 1 is 1.00 bits per heavy atom. The van der Waals surface area contributed by atoms with Crippen LogP contribution in [-0.2, 0) is 6.54 Å². The molecule has 2 aromatic carbocycles. The van der Waals surface area contributed by atoms with Gasteiger partial charge >= 0.3 is 0 Å². The Morgan fingerprint density at radius 2 is 1.81 bits per heavy atom. The van der Waals surface area contributed by atoms with E-state index in [2.05, 4.69) is 25.5 Å². The van der Waals surface area contributed by atoms with Crippen LogP contribution in [0.4, 0.5) is 10.3 Å². The summed E-state index contributed by atoms with van der Waals surface area (Å²) in [5, 5.41) is 12.3. The maximum atomic E-state index is 13.3. The highest BCUT2D eigenvalue weighted by atomic mass is 19.1. The van der Waals surface area contributed by atoms with Crippen LogP contribution in [0.3, 0.4) is 0 Å². The zero-order valence-electron chi connectivity index (χ0n) is 16.6. The Labute approximate surface area is 177 Å². The van der Waals surface area contributed by atoms with E-state index in [-0.39, 0.29) is 5.82 Å². The minimum absolute atomic E-state index is 0.325. The van der Waals surface area contributed by atoms with Crippen LogP contribution in [0.1, 0.15) is 11.3 Å². The van der Waals surface area contributed by atoms with Crippen molar-refractivity contribution >= 4 is 11.7 Å². The molecule has 8 nitrogen and oxygen atoms in total. The minimum Gasteiger partial charge on any atom is -0.439 e. The standard InChI is InChI=1S/C22H18FN7O/c1-15-19(14-25-21-26-22-24-12-5-13-29(22)28-21)20(31-18-10-8-16(23)9-11-18)30(27-15)17-6-3-2-4-7-17/h2-13H,14H2,1H3,(H,25,28). The fourth-order valence-corrected chi connectivity index (χ4v) is 3.18. The maximum Gasteiger partial charge on any atom is 0.253 e. The molecule has 5 rings (SSSR count). The van der Waals surface area contributed by atoms with Crippen LogP contribution in [0.2, 0.25) is 0 Å². The largest absolute Gasteiger partial charge is 0.439 e. The van der Waals surface area contributed by atoms with E-state index in [0.717, 1.165) is 16.9 Å². The van der Waals surface area contributed by atoms with Gasteiger partial charge in [-0.3, -0.25) is 0 Å².